The Morgan fingerprint density at radius 1 is 1.10 bits per heavy atom. The van der Waals surface area contributed by atoms with Crippen molar-refractivity contribution in [1.82, 2.24) is 9.97 Å². The number of hydrogen-bond donors (Lipinski definition) is 0. The molecule has 1 aromatic carbocycles. The molecule has 4 nitrogen and oxygen atoms in total. The number of rotatable bonds is 4. The van der Waals surface area contributed by atoms with Gasteiger partial charge in [0.2, 0.25) is 5.88 Å². The summed E-state index contributed by atoms with van der Waals surface area (Å²) in [6.45, 7) is 2.11. The quantitative estimate of drug-likeness (QED) is 0.732. The third-order valence-corrected chi connectivity index (χ3v) is 4.21. The number of pyridine rings is 1. The van der Waals surface area contributed by atoms with Crippen molar-refractivity contribution in [2.24, 2.45) is 0 Å². The van der Waals surface area contributed by atoms with Crippen molar-refractivity contribution in [3.8, 4) is 22.3 Å². The zero-order valence-electron chi connectivity index (χ0n) is 12.2. The van der Waals surface area contributed by atoms with E-state index in [0.717, 1.165) is 39.3 Å². The molecule has 0 spiro atoms. The van der Waals surface area contributed by atoms with Crippen molar-refractivity contribution >= 4 is 22.1 Å². The molecule has 3 rings (SSSR count). The normalized spacial score (nSPS) is 10.8. The van der Waals surface area contributed by atoms with Crippen molar-refractivity contribution in [2.75, 3.05) is 14.2 Å². The van der Waals surface area contributed by atoms with Gasteiger partial charge in [0.1, 0.15) is 10.8 Å². The Balaban J connectivity index is 2.18. The molecule has 21 heavy (non-hydrogen) atoms. The SMILES string of the molecule is CCc1nc(-c2nc(OC)cs2)cc2cc(OC)ccc12. The molecule has 0 fully saturated rings. The molecule has 2 heterocycles. The summed E-state index contributed by atoms with van der Waals surface area (Å²) in [7, 11) is 3.30. The van der Waals surface area contributed by atoms with Crippen molar-refractivity contribution in [2.45, 2.75) is 13.3 Å². The number of ether oxygens (including phenoxy) is 2. The van der Waals surface area contributed by atoms with E-state index in [2.05, 4.69) is 24.0 Å². The molecule has 0 bridgehead atoms. The van der Waals surface area contributed by atoms with Crippen molar-refractivity contribution in [3.05, 3.63) is 35.3 Å². The van der Waals surface area contributed by atoms with E-state index in [9.17, 15) is 0 Å². The fourth-order valence-electron chi connectivity index (χ4n) is 2.28. The maximum absolute atomic E-state index is 5.31. The molecule has 5 heteroatoms. The Bertz CT molecular complexity index is 783. The predicted octanol–water partition coefficient (Wildman–Crippen LogP) is 3.94. The van der Waals surface area contributed by atoms with Crippen LogP contribution >= 0.6 is 11.3 Å². The molecule has 0 N–H and O–H groups in total. The van der Waals surface area contributed by atoms with Gasteiger partial charge in [0.05, 0.1) is 25.3 Å². The van der Waals surface area contributed by atoms with Crippen LogP contribution in [0.3, 0.4) is 0 Å². The second-order valence-electron chi connectivity index (χ2n) is 4.59. The lowest BCUT2D eigenvalue weighted by Gasteiger charge is -2.08. The van der Waals surface area contributed by atoms with E-state index < -0.39 is 0 Å². The van der Waals surface area contributed by atoms with Gasteiger partial charge < -0.3 is 9.47 Å². The molecule has 0 radical (unpaired) electrons. The standard InChI is InChI=1S/C16H16N2O2S/c1-4-13-12-6-5-11(19-2)7-10(12)8-14(17-13)16-18-15(20-3)9-21-16/h5-9H,4H2,1-3H3. The van der Waals surface area contributed by atoms with Crippen LogP contribution in [0.4, 0.5) is 0 Å². The second-order valence-corrected chi connectivity index (χ2v) is 5.45. The summed E-state index contributed by atoms with van der Waals surface area (Å²) in [4.78, 5) is 9.17. The van der Waals surface area contributed by atoms with E-state index in [1.807, 2.05) is 17.5 Å². The molecule has 0 saturated carbocycles. The Morgan fingerprint density at radius 2 is 1.95 bits per heavy atom. The zero-order chi connectivity index (χ0) is 14.8. The third-order valence-electron chi connectivity index (χ3n) is 3.36. The third kappa shape index (κ3) is 2.56. The molecule has 0 unspecified atom stereocenters. The van der Waals surface area contributed by atoms with Crippen LogP contribution in [0.1, 0.15) is 12.6 Å². The van der Waals surface area contributed by atoms with Crippen molar-refractivity contribution < 1.29 is 9.47 Å². The van der Waals surface area contributed by atoms with Crippen molar-refractivity contribution in [1.29, 1.82) is 0 Å². The van der Waals surface area contributed by atoms with Gasteiger partial charge in [-0.1, -0.05) is 6.92 Å². The lowest BCUT2D eigenvalue weighted by atomic mass is 10.1. The molecule has 0 amide bonds. The van der Waals surface area contributed by atoms with Gasteiger partial charge in [-0.3, -0.25) is 0 Å². The maximum Gasteiger partial charge on any atom is 0.224 e. The summed E-state index contributed by atoms with van der Waals surface area (Å²) in [5.41, 5.74) is 1.94. The molecule has 0 aliphatic rings. The summed E-state index contributed by atoms with van der Waals surface area (Å²) < 4.78 is 10.5. The van der Waals surface area contributed by atoms with Crippen LogP contribution < -0.4 is 9.47 Å². The average Bonchev–Trinajstić information content (AvgIpc) is 3.02. The van der Waals surface area contributed by atoms with Gasteiger partial charge in [0, 0.05) is 11.1 Å². The number of aromatic nitrogens is 2. The number of methoxy groups -OCH3 is 2. The number of thiazole rings is 1. The average molecular weight is 300 g/mol. The fourth-order valence-corrected chi connectivity index (χ4v) is 3.01. The molecule has 0 saturated heterocycles. The topological polar surface area (TPSA) is 44.2 Å². The van der Waals surface area contributed by atoms with Gasteiger partial charge in [-0.05, 0) is 36.1 Å². The molecule has 3 aromatic rings. The first-order chi connectivity index (χ1) is 10.2. The van der Waals surface area contributed by atoms with Crippen LogP contribution in [0.25, 0.3) is 21.5 Å². The zero-order valence-corrected chi connectivity index (χ0v) is 13.0. The van der Waals surface area contributed by atoms with E-state index >= 15 is 0 Å². The minimum Gasteiger partial charge on any atom is -0.497 e. The van der Waals surface area contributed by atoms with E-state index in [0.29, 0.717) is 5.88 Å². The number of fused-ring (bicyclic) bond motifs is 1. The highest BCUT2D eigenvalue weighted by Crippen LogP contribution is 2.31. The highest BCUT2D eigenvalue weighted by atomic mass is 32.1. The van der Waals surface area contributed by atoms with Gasteiger partial charge in [0.15, 0.2) is 0 Å². The highest BCUT2D eigenvalue weighted by molar-refractivity contribution is 7.13. The Morgan fingerprint density at radius 3 is 2.62 bits per heavy atom. The second kappa shape index (κ2) is 5.69. The van der Waals surface area contributed by atoms with Crippen LogP contribution in [-0.2, 0) is 6.42 Å². The first-order valence-corrected chi connectivity index (χ1v) is 7.60. The van der Waals surface area contributed by atoms with Gasteiger partial charge >= 0.3 is 0 Å². The molecule has 0 atom stereocenters. The Hall–Kier alpha value is -2.14. The van der Waals surface area contributed by atoms with Crippen LogP contribution in [0, 0.1) is 0 Å². The van der Waals surface area contributed by atoms with Crippen LogP contribution in [0.2, 0.25) is 0 Å². The summed E-state index contributed by atoms with van der Waals surface area (Å²) >= 11 is 1.54. The summed E-state index contributed by atoms with van der Waals surface area (Å²) in [5.74, 6) is 1.47. The van der Waals surface area contributed by atoms with Gasteiger partial charge in [-0.2, -0.15) is 0 Å². The monoisotopic (exact) mass is 300 g/mol. The molecule has 0 aliphatic heterocycles. The number of aryl methyl sites for hydroxylation is 1. The first-order valence-electron chi connectivity index (χ1n) is 6.72. The fraction of sp³-hybridized carbons (Fsp3) is 0.250. The Kier molecular flexibility index (Phi) is 3.75. The van der Waals surface area contributed by atoms with Crippen LogP contribution in [-0.4, -0.2) is 24.2 Å². The number of hydrogen-bond acceptors (Lipinski definition) is 5. The van der Waals surface area contributed by atoms with Crippen molar-refractivity contribution in [3.63, 3.8) is 0 Å². The van der Waals surface area contributed by atoms with E-state index in [1.54, 1.807) is 14.2 Å². The van der Waals surface area contributed by atoms with Gasteiger partial charge in [0.25, 0.3) is 0 Å². The largest absolute Gasteiger partial charge is 0.497 e. The van der Waals surface area contributed by atoms with Crippen LogP contribution in [0.5, 0.6) is 11.6 Å². The molecule has 0 aliphatic carbocycles. The molecular formula is C16H16N2O2S. The maximum atomic E-state index is 5.31. The predicted molar refractivity (Wildman–Crippen MR) is 85.3 cm³/mol. The van der Waals surface area contributed by atoms with Gasteiger partial charge in [-0.15, -0.1) is 11.3 Å². The minimum absolute atomic E-state index is 0.626. The Labute approximate surface area is 127 Å². The smallest absolute Gasteiger partial charge is 0.224 e. The van der Waals surface area contributed by atoms with E-state index in [-0.39, 0.29) is 0 Å². The molecule has 108 valence electrons. The highest BCUT2D eigenvalue weighted by Gasteiger charge is 2.11. The van der Waals surface area contributed by atoms with E-state index in [4.69, 9.17) is 14.5 Å². The molecular weight excluding hydrogens is 284 g/mol. The number of benzene rings is 1. The van der Waals surface area contributed by atoms with E-state index in [1.165, 1.54) is 11.3 Å². The summed E-state index contributed by atoms with van der Waals surface area (Å²) in [6.07, 6.45) is 0.874. The summed E-state index contributed by atoms with van der Waals surface area (Å²) in [5, 5.41) is 5.03. The molecule has 2 aromatic heterocycles. The van der Waals surface area contributed by atoms with Gasteiger partial charge in [-0.25, -0.2) is 9.97 Å². The lowest BCUT2D eigenvalue weighted by molar-refractivity contribution is 0.401. The lowest BCUT2D eigenvalue weighted by Crippen LogP contribution is -1.94. The minimum atomic E-state index is 0.626. The van der Waals surface area contributed by atoms with Crippen LogP contribution in [0.15, 0.2) is 29.6 Å². The summed E-state index contributed by atoms with van der Waals surface area (Å²) in [6, 6.07) is 8.11. The first kappa shape index (κ1) is 13.8. The number of nitrogens with zero attached hydrogens (tertiary/aromatic N) is 2.